The van der Waals surface area contributed by atoms with E-state index in [0.717, 1.165) is 5.56 Å². The highest BCUT2D eigenvalue weighted by atomic mass is 16.5. The Morgan fingerprint density at radius 2 is 2.11 bits per heavy atom. The number of carbonyl (C=O) groups excluding carboxylic acids is 2. The molecule has 1 N–H and O–H groups in total. The molecule has 0 aliphatic carbocycles. The minimum atomic E-state index is -0.605. The molecule has 19 heavy (non-hydrogen) atoms. The van der Waals surface area contributed by atoms with Crippen molar-refractivity contribution in [3.8, 4) is 5.75 Å². The van der Waals surface area contributed by atoms with Gasteiger partial charge in [0.25, 0.3) is 5.91 Å². The van der Waals surface area contributed by atoms with Gasteiger partial charge in [-0.3, -0.25) is 4.79 Å². The van der Waals surface area contributed by atoms with Gasteiger partial charge >= 0.3 is 5.97 Å². The van der Waals surface area contributed by atoms with Gasteiger partial charge in [0.2, 0.25) is 0 Å². The van der Waals surface area contributed by atoms with Crippen LogP contribution in [0.15, 0.2) is 18.2 Å². The normalized spacial score (nSPS) is 15.6. The number of amides is 1. The Kier molecular flexibility index (Phi) is 3.46. The zero-order valence-electron chi connectivity index (χ0n) is 11.2. The second-order valence-corrected chi connectivity index (χ2v) is 4.99. The molecular formula is C14H17NO4. The Bertz CT molecular complexity index is 524. The number of benzene rings is 1. The number of phenolic OH excluding ortho intramolecular Hbond substituents is 1. The third-order valence-electron chi connectivity index (χ3n) is 3.34. The van der Waals surface area contributed by atoms with Crippen molar-refractivity contribution in [3.63, 3.8) is 0 Å². The van der Waals surface area contributed by atoms with Crippen LogP contribution in [-0.4, -0.2) is 35.0 Å². The number of rotatable bonds is 3. The Morgan fingerprint density at radius 3 is 2.68 bits per heavy atom. The highest BCUT2D eigenvalue weighted by Gasteiger charge is 2.38. The highest BCUT2D eigenvalue weighted by molar-refractivity contribution is 6.00. The fourth-order valence-corrected chi connectivity index (χ4v) is 2.42. The molecule has 0 bridgehead atoms. The Hall–Kier alpha value is -2.04. The standard InChI is InChI=1S/C14H17NO4/c1-8(2)12(14(18)19-3)15-7-9-4-5-10(16)6-11(9)13(15)17/h4-6,8,12,16H,7H2,1-3H3/t12-/m0/s1. The van der Waals surface area contributed by atoms with E-state index in [1.54, 1.807) is 6.07 Å². The van der Waals surface area contributed by atoms with E-state index >= 15 is 0 Å². The quantitative estimate of drug-likeness (QED) is 0.840. The van der Waals surface area contributed by atoms with Crippen molar-refractivity contribution < 1.29 is 19.4 Å². The van der Waals surface area contributed by atoms with Crippen molar-refractivity contribution >= 4 is 11.9 Å². The summed E-state index contributed by atoms with van der Waals surface area (Å²) in [6.45, 7) is 4.11. The van der Waals surface area contributed by atoms with Crippen LogP contribution in [0.25, 0.3) is 0 Å². The maximum Gasteiger partial charge on any atom is 0.328 e. The Labute approximate surface area is 111 Å². The van der Waals surface area contributed by atoms with Crippen LogP contribution in [0.3, 0.4) is 0 Å². The van der Waals surface area contributed by atoms with Crippen LogP contribution < -0.4 is 0 Å². The van der Waals surface area contributed by atoms with Crippen LogP contribution in [-0.2, 0) is 16.1 Å². The van der Waals surface area contributed by atoms with Gasteiger partial charge in [0.1, 0.15) is 11.8 Å². The van der Waals surface area contributed by atoms with E-state index in [0.29, 0.717) is 12.1 Å². The topological polar surface area (TPSA) is 66.8 Å². The Morgan fingerprint density at radius 1 is 1.42 bits per heavy atom. The molecule has 0 fully saturated rings. The van der Waals surface area contributed by atoms with E-state index in [1.165, 1.54) is 24.1 Å². The summed E-state index contributed by atoms with van der Waals surface area (Å²) in [7, 11) is 1.32. The predicted octanol–water partition coefficient (Wildman–Crippen LogP) is 1.55. The lowest BCUT2D eigenvalue weighted by Gasteiger charge is -2.28. The third-order valence-corrected chi connectivity index (χ3v) is 3.34. The summed E-state index contributed by atoms with van der Waals surface area (Å²) >= 11 is 0. The molecule has 0 radical (unpaired) electrons. The van der Waals surface area contributed by atoms with E-state index < -0.39 is 12.0 Å². The number of methoxy groups -OCH3 is 1. The second kappa shape index (κ2) is 4.91. The van der Waals surface area contributed by atoms with Crippen molar-refractivity contribution in [2.75, 3.05) is 7.11 Å². The van der Waals surface area contributed by atoms with Gasteiger partial charge in [0, 0.05) is 12.1 Å². The molecule has 1 aliphatic rings. The van der Waals surface area contributed by atoms with Gasteiger partial charge in [-0.15, -0.1) is 0 Å². The molecule has 1 amide bonds. The van der Waals surface area contributed by atoms with Crippen molar-refractivity contribution in [2.24, 2.45) is 5.92 Å². The smallest absolute Gasteiger partial charge is 0.328 e. The first-order valence-electron chi connectivity index (χ1n) is 6.16. The monoisotopic (exact) mass is 263 g/mol. The summed E-state index contributed by atoms with van der Waals surface area (Å²) in [4.78, 5) is 25.7. The number of hydrogen-bond donors (Lipinski definition) is 1. The molecule has 0 spiro atoms. The SMILES string of the molecule is COC(=O)[C@H](C(C)C)N1Cc2ccc(O)cc2C1=O. The number of phenols is 1. The van der Waals surface area contributed by atoms with Crippen LogP contribution in [0.1, 0.15) is 29.8 Å². The zero-order valence-corrected chi connectivity index (χ0v) is 11.2. The number of nitrogens with zero attached hydrogens (tertiary/aromatic N) is 1. The molecule has 1 heterocycles. The summed E-state index contributed by atoms with van der Waals surface area (Å²) < 4.78 is 4.77. The minimum Gasteiger partial charge on any atom is -0.508 e. The third kappa shape index (κ3) is 2.28. The lowest BCUT2D eigenvalue weighted by molar-refractivity contribution is -0.147. The van der Waals surface area contributed by atoms with Gasteiger partial charge in [0.15, 0.2) is 0 Å². The van der Waals surface area contributed by atoms with Gasteiger partial charge < -0.3 is 14.7 Å². The van der Waals surface area contributed by atoms with Gasteiger partial charge in [-0.2, -0.15) is 0 Å². The van der Waals surface area contributed by atoms with E-state index in [-0.39, 0.29) is 17.6 Å². The number of fused-ring (bicyclic) bond motifs is 1. The number of carbonyl (C=O) groups is 2. The molecule has 0 saturated carbocycles. The summed E-state index contributed by atoms with van der Waals surface area (Å²) in [6, 6.07) is 4.08. The molecular weight excluding hydrogens is 246 g/mol. The number of ether oxygens (including phenoxy) is 1. The lowest BCUT2D eigenvalue weighted by Crippen LogP contribution is -2.45. The first-order valence-corrected chi connectivity index (χ1v) is 6.16. The molecule has 5 nitrogen and oxygen atoms in total. The largest absolute Gasteiger partial charge is 0.508 e. The van der Waals surface area contributed by atoms with Crippen molar-refractivity contribution in [1.29, 1.82) is 0 Å². The number of hydrogen-bond acceptors (Lipinski definition) is 4. The first-order chi connectivity index (χ1) is 8.95. The maximum atomic E-state index is 12.3. The summed E-state index contributed by atoms with van der Waals surface area (Å²) in [5, 5.41) is 9.44. The summed E-state index contributed by atoms with van der Waals surface area (Å²) in [6.07, 6.45) is 0. The van der Waals surface area contributed by atoms with Gasteiger partial charge in [0.05, 0.1) is 7.11 Å². The van der Waals surface area contributed by atoms with E-state index in [1.807, 2.05) is 13.8 Å². The van der Waals surface area contributed by atoms with Gasteiger partial charge in [-0.25, -0.2) is 4.79 Å². The molecule has 5 heteroatoms. The van der Waals surface area contributed by atoms with Crippen LogP contribution in [0, 0.1) is 5.92 Å². The molecule has 1 aromatic carbocycles. The summed E-state index contributed by atoms with van der Waals surface area (Å²) in [5.41, 5.74) is 1.27. The van der Waals surface area contributed by atoms with Crippen LogP contribution in [0.2, 0.25) is 0 Å². The van der Waals surface area contributed by atoms with Crippen LogP contribution in [0.5, 0.6) is 5.75 Å². The fourth-order valence-electron chi connectivity index (χ4n) is 2.42. The predicted molar refractivity (Wildman–Crippen MR) is 68.6 cm³/mol. The molecule has 1 aromatic rings. The fraction of sp³-hybridized carbons (Fsp3) is 0.429. The van der Waals surface area contributed by atoms with E-state index in [2.05, 4.69) is 0 Å². The number of esters is 1. The molecule has 0 aromatic heterocycles. The summed E-state index contributed by atoms with van der Waals surface area (Å²) in [5.74, 6) is -0.650. The Balaban J connectivity index is 2.34. The zero-order chi connectivity index (χ0) is 14.2. The molecule has 1 aliphatic heterocycles. The molecule has 2 rings (SSSR count). The second-order valence-electron chi connectivity index (χ2n) is 4.99. The van der Waals surface area contributed by atoms with Crippen molar-refractivity contribution in [2.45, 2.75) is 26.4 Å². The van der Waals surface area contributed by atoms with Gasteiger partial charge in [-0.05, 0) is 23.6 Å². The maximum absolute atomic E-state index is 12.3. The first kappa shape index (κ1) is 13.4. The van der Waals surface area contributed by atoms with Crippen molar-refractivity contribution in [1.82, 2.24) is 4.90 Å². The van der Waals surface area contributed by atoms with E-state index in [4.69, 9.17) is 4.74 Å². The average molecular weight is 263 g/mol. The minimum absolute atomic E-state index is 0.0423. The lowest BCUT2D eigenvalue weighted by atomic mass is 10.0. The van der Waals surface area contributed by atoms with E-state index in [9.17, 15) is 14.7 Å². The van der Waals surface area contributed by atoms with Crippen LogP contribution in [0.4, 0.5) is 0 Å². The average Bonchev–Trinajstić information content (AvgIpc) is 2.67. The molecule has 1 atom stereocenters. The molecule has 0 unspecified atom stereocenters. The molecule has 0 saturated heterocycles. The highest BCUT2D eigenvalue weighted by Crippen LogP contribution is 2.29. The molecule has 102 valence electrons. The number of aromatic hydroxyl groups is 1. The van der Waals surface area contributed by atoms with Crippen LogP contribution >= 0.6 is 0 Å². The van der Waals surface area contributed by atoms with Crippen molar-refractivity contribution in [3.05, 3.63) is 29.3 Å². The van der Waals surface area contributed by atoms with Gasteiger partial charge in [-0.1, -0.05) is 19.9 Å².